The minimum Gasteiger partial charge on any atom is -0.497 e. The van der Waals surface area contributed by atoms with Crippen molar-refractivity contribution in [1.29, 1.82) is 0 Å². The summed E-state index contributed by atoms with van der Waals surface area (Å²) >= 11 is 0. The number of ether oxygens (including phenoxy) is 2. The van der Waals surface area contributed by atoms with Gasteiger partial charge in [-0.25, -0.2) is 0 Å². The van der Waals surface area contributed by atoms with Gasteiger partial charge >= 0.3 is 5.97 Å². The predicted molar refractivity (Wildman–Crippen MR) is 71.2 cm³/mol. The Labute approximate surface area is 115 Å². The molecule has 2 N–H and O–H groups in total. The van der Waals surface area contributed by atoms with Crippen LogP contribution < -0.4 is 10.5 Å². The van der Waals surface area contributed by atoms with Gasteiger partial charge in [0.25, 0.3) is 5.91 Å². The summed E-state index contributed by atoms with van der Waals surface area (Å²) in [6.45, 7) is 1.43. The summed E-state index contributed by atoms with van der Waals surface area (Å²) in [5.74, 6) is -0.543. The van der Waals surface area contributed by atoms with E-state index in [1.54, 1.807) is 25.3 Å². The van der Waals surface area contributed by atoms with Crippen LogP contribution in [0.15, 0.2) is 28.9 Å². The third kappa shape index (κ3) is 2.90. The second-order valence-electron chi connectivity index (χ2n) is 4.33. The smallest absolute Gasteiger partial charge is 0.311 e. The van der Waals surface area contributed by atoms with Gasteiger partial charge in [0.05, 0.1) is 19.8 Å². The van der Waals surface area contributed by atoms with Crippen molar-refractivity contribution in [2.45, 2.75) is 19.4 Å². The van der Waals surface area contributed by atoms with Crippen LogP contribution in [0.1, 0.15) is 12.5 Å². The second-order valence-corrected chi connectivity index (χ2v) is 4.33. The van der Waals surface area contributed by atoms with Crippen molar-refractivity contribution in [3.8, 4) is 5.75 Å². The van der Waals surface area contributed by atoms with Gasteiger partial charge in [0.2, 0.25) is 0 Å². The Kier molecular flexibility index (Phi) is 3.93. The third-order valence-electron chi connectivity index (χ3n) is 2.91. The first kappa shape index (κ1) is 13.9. The molecule has 0 radical (unpaired) electrons. The Morgan fingerprint density at radius 2 is 2.15 bits per heavy atom. The topological polar surface area (TPSA) is 91.8 Å². The summed E-state index contributed by atoms with van der Waals surface area (Å²) in [7, 11) is 1.56. The zero-order valence-corrected chi connectivity index (χ0v) is 11.2. The quantitative estimate of drug-likeness (QED) is 0.834. The lowest BCUT2D eigenvalue weighted by molar-refractivity contribution is -0.153. The highest BCUT2D eigenvalue weighted by atomic mass is 16.5. The summed E-state index contributed by atoms with van der Waals surface area (Å²) in [5.41, 5.74) is 6.34. The van der Waals surface area contributed by atoms with Crippen LogP contribution in [0.5, 0.6) is 5.75 Å². The molecule has 0 aliphatic heterocycles. The van der Waals surface area contributed by atoms with Crippen LogP contribution >= 0.6 is 0 Å². The number of nitrogens with two attached hydrogens (primary N) is 1. The zero-order valence-electron chi connectivity index (χ0n) is 11.2. The average molecular weight is 277 g/mol. The minimum atomic E-state index is -0.944. The van der Waals surface area contributed by atoms with Crippen LogP contribution in [0.25, 0.3) is 11.0 Å². The molecule has 2 aromatic rings. The predicted octanol–water partition coefficient (Wildman–Crippen LogP) is 1.40. The van der Waals surface area contributed by atoms with Crippen molar-refractivity contribution in [1.82, 2.24) is 0 Å². The van der Waals surface area contributed by atoms with Crippen LogP contribution in [0, 0.1) is 0 Å². The maximum Gasteiger partial charge on any atom is 0.311 e. The largest absolute Gasteiger partial charge is 0.497 e. The molecule has 0 bridgehead atoms. The number of hydrogen-bond acceptors (Lipinski definition) is 5. The summed E-state index contributed by atoms with van der Waals surface area (Å²) < 4.78 is 15.4. The van der Waals surface area contributed by atoms with Crippen LogP contribution in [0.3, 0.4) is 0 Å². The number of benzene rings is 1. The van der Waals surface area contributed by atoms with Crippen LogP contribution in [0.4, 0.5) is 0 Å². The molecule has 0 saturated carbocycles. The first-order chi connectivity index (χ1) is 9.51. The van der Waals surface area contributed by atoms with E-state index < -0.39 is 18.0 Å². The van der Waals surface area contributed by atoms with E-state index in [1.807, 2.05) is 0 Å². The van der Waals surface area contributed by atoms with E-state index in [0.717, 1.165) is 5.39 Å². The molecular weight excluding hydrogens is 262 g/mol. The maximum atomic E-state index is 11.7. The molecule has 1 amide bonds. The number of carbonyl (C=O) groups is 2. The van der Waals surface area contributed by atoms with Gasteiger partial charge in [0.1, 0.15) is 11.3 Å². The highest BCUT2D eigenvalue weighted by Gasteiger charge is 2.17. The van der Waals surface area contributed by atoms with Crippen LogP contribution in [-0.4, -0.2) is 25.1 Å². The van der Waals surface area contributed by atoms with E-state index >= 15 is 0 Å². The first-order valence-corrected chi connectivity index (χ1v) is 6.04. The van der Waals surface area contributed by atoms with E-state index in [2.05, 4.69) is 0 Å². The molecule has 0 aliphatic carbocycles. The zero-order chi connectivity index (χ0) is 14.7. The number of rotatable bonds is 5. The molecule has 1 aromatic heterocycles. The molecule has 0 spiro atoms. The number of esters is 1. The molecule has 6 heteroatoms. The summed E-state index contributed by atoms with van der Waals surface area (Å²) in [6, 6.07) is 5.31. The molecule has 0 fully saturated rings. The molecule has 0 saturated heterocycles. The van der Waals surface area contributed by atoms with E-state index in [-0.39, 0.29) is 6.42 Å². The molecule has 1 unspecified atom stereocenters. The van der Waals surface area contributed by atoms with Crippen molar-refractivity contribution >= 4 is 22.8 Å². The van der Waals surface area contributed by atoms with Gasteiger partial charge in [-0.15, -0.1) is 0 Å². The van der Waals surface area contributed by atoms with E-state index in [0.29, 0.717) is 16.9 Å². The molecule has 1 aromatic carbocycles. The van der Waals surface area contributed by atoms with Crippen molar-refractivity contribution < 1.29 is 23.5 Å². The van der Waals surface area contributed by atoms with Crippen molar-refractivity contribution in [3.63, 3.8) is 0 Å². The number of amides is 1. The molecule has 106 valence electrons. The van der Waals surface area contributed by atoms with Gasteiger partial charge in [0, 0.05) is 17.0 Å². The van der Waals surface area contributed by atoms with Crippen molar-refractivity contribution in [2.24, 2.45) is 5.73 Å². The van der Waals surface area contributed by atoms with Gasteiger partial charge < -0.3 is 19.6 Å². The van der Waals surface area contributed by atoms with Crippen molar-refractivity contribution in [3.05, 3.63) is 30.0 Å². The van der Waals surface area contributed by atoms with E-state index in [1.165, 1.54) is 13.2 Å². The number of hydrogen-bond donors (Lipinski definition) is 1. The molecule has 6 nitrogen and oxygen atoms in total. The Morgan fingerprint density at radius 3 is 2.80 bits per heavy atom. The molecule has 0 aliphatic rings. The molecular formula is C14H15NO5. The highest BCUT2D eigenvalue weighted by molar-refractivity contribution is 5.88. The fourth-order valence-corrected chi connectivity index (χ4v) is 1.78. The number of furan rings is 1. The van der Waals surface area contributed by atoms with Crippen LogP contribution in [-0.2, 0) is 20.7 Å². The average Bonchev–Trinajstić information content (AvgIpc) is 2.80. The highest BCUT2D eigenvalue weighted by Crippen LogP contribution is 2.26. The summed E-state index contributed by atoms with van der Waals surface area (Å²) in [4.78, 5) is 22.5. The lowest BCUT2D eigenvalue weighted by Crippen LogP contribution is -2.30. The fourth-order valence-electron chi connectivity index (χ4n) is 1.78. The molecule has 1 atom stereocenters. The fraction of sp³-hybridized carbons (Fsp3) is 0.286. The Balaban J connectivity index is 2.14. The Bertz CT molecular complexity index is 646. The third-order valence-corrected chi connectivity index (χ3v) is 2.91. The van der Waals surface area contributed by atoms with Crippen LogP contribution in [0.2, 0.25) is 0 Å². The van der Waals surface area contributed by atoms with Gasteiger partial charge in [0.15, 0.2) is 6.10 Å². The van der Waals surface area contributed by atoms with Crippen molar-refractivity contribution in [2.75, 3.05) is 7.11 Å². The van der Waals surface area contributed by atoms with Gasteiger partial charge in [-0.3, -0.25) is 9.59 Å². The lowest BCUT2D eigenvalue weighted by Gasteiger charge is -2.08. The van der Waals surface area contributed by atoms with E-state index in [9.17, 15) is 9.59 Å². The van der Waals surface area contributed by atoms with Gasteiger partial charge in [-0.05, 0) is 19.1 Å². The number of carbonyl (C=O) groups excluding carboxylic acids is 2. The van der Waals surface area contributed by atoms with Gasteiger partial charge in [-0.1, -0.05) is 0 Å². The Hall–Kier alpha value is -2.50. The molecule has 2 rings (SSSR count). The van der Waals surface area contributed by atoms with E-state index in [4.69, 9.17) is 19.6 Å². The molecule has 1 heterocycles. The summed E-state index contributed by atoms with van der Waals surface area (Å²) in [5, 5.41) is 0.800. The van der Waals surface area contributed by atoms with Gasteiger partial charge in [-0.2, -0.15) is 0 Å². The number of methoxy groups -OCH3 is 1. The summed E-state index contributed by atoms with van der Waals surface area (Å²) in [6.07, 6.45) is 0.554. The SMILES string of the molecule is COc1ccc2c(CC(=O)OC(C)C(N)=O)coc2c1. The Morgan fingerprint density at radius 1 is 1.40 bits per heavy atom. The minimum absolute atomic E-state index is 0.0109. The maximum absolute atomic E-state index is 11.7. The standard InChI is InChI=1S/C14H15NO5/c1-8(14(15)17)20-13(16)5-9-7-19-12-6-10(18-2)3-4-11(9)12/h3-4,6-8H,5H2,1-2H3,(H2,15,17). The first-order valence-electron chi connectivity index (χ1n) is 6.04. The number of primary amides is 1. The number of fused-ring (bicyclic) bond motifs is 1. The lowest BCUT2D eigenvalue weighted by atomic mass is 10.1. The monoisotopic (exact) mass is 277 g/mol. The molecule has 20 heavy (non-hydrogen) atoms. The normalized spacial score (nSPS) is 12.1. The second kappa shape index (κ2) is 5.64.